The molecule has 0 amide bonds. The average Bonchev–Trinajstić information content (AvgIpc) is 3.04. The second-order valence-electron chi connectivity index (χ2n) is 10.1. The zero-order valence-electron chi connectivity index (χ0n) is 25.6. The SMILES string of the molecule is Nc1c(N=Nc2ccc(-c3ccc(N=Nc4cc(S(=O)(=O)[O-])c5ccccc5c4N)cc3)cc2)cc(S(=O)(=O)[O-])c2ccccc12.[K+].[K+]. The predicted molar refractivity (Wildman–Crippen MR) is 173 cm³/mol. The molecule has 0 aromatic heterocycles. The topological polar surface area (TPSA) is 216 Å². The number of benzene rings is 6. The fourth-order valence-electron chi connectivity index (χ4n) is 4.94. The van der Waals surface area contributed by atoms with Crippen molar-refractivity contribution in [2.45, 2.75) is 9.79 Å². The van der Waals surface area contributed by atoms with Gasteiger partial charge in [0, 0.05) is 21.5 Å². The van der Waals surface area contributed by atoms with Crippen LogP contribution < -0.4 is 114 Å². The molecule has 0 atom stereocenters. The Morgan fingerprint density at radius 3 is 1.08 bits per heavy atom. The molecular formula is C32H22K2N6O6S2. The molecule has 0 fully saturated rings. The van der Waals surface area contributed by atoms with Crippen molar-refractivity contribution in [3.05, 3.63) is 109 Å². The van der Waals surface area contributed by atoms with Crippen LogP contribution in [0.5, 0.6) is 0 Å². The first kappa shape index (κ1) is 38.5. The van der Waals surface area contributed by atoms with Crippen LogP contribution in [0.2, 0.25) is 0 Å². The molecule has 12 nitrogen and oxygen atoms in total. The molecule has 0 unspecified atom stereocenters. The summed E-state index contributed by atoms with van der Waals surface area (Å²) in [5.41, 5.74) is 15.5. The summed E-state index contributed by atoms with van der Waals surface area (Å²) >= 11 is 0. The molecule has 48 heavy (non-hydrogen) atoms. The molecule has 6 aromatic carbocycles. The molecule has 0 aliphatic heterocycles. The second-order valence-corrected chi connectivity index (χ2v) is 12.8. The Morgan fingerprint density at radius 2 is 0.771 bits per heavy atom. The molecule has 4 N–H and O–H groups in total. The monoisotopic (exact) mass is 728 g/mol. The summed E-state index contributed by atoms with van der Waals surface area (Å²) in [6.45, 7) is 0. The predicted octanol–water partition coefficient (Wildman–Crippen LogP) is 1.47. The van der Waals surface area contributed by atoms with Crippen molar-refractivity contribution in [1.82, 2.24) is 0 Å². The Labute approximate surface area is 361 Å². The van der Waals surface area contributed by atoms with Gasteiger partial charge in [-0.3, -0.25) is 0 Å². The zero-order valence-corrected chi connectivity index (χ0v) is 33.5. The maximum Gasteiger partial charge on any atom is 1.00 e. The Kier molecular flexibility index (Phi) is 12.6. The summed E-state index contributed by atoms with van der Waals surface area (Å²) in [6.07, 6.45) is 0. The Hall–Kier alpha value is -2.27. The molecule has 16 heteroatoms. The Morgan fingerprint density at radius 1 is 0.458 bits per heavy atom. The van der Waals surface area contributed by atoms with Crippen LogP contribution in [0.1, 0.15) is 0 Å². The van der Waals surface area contributed by atoms with Gasteiger partial charge in [0.05, 0.1) is 32.5 Å². The number of nitrogens with zero attached hydrogens (tertiary/aromatic N) is 4. The Balaban J connectivity index is 0.00000260. The van der Waals surface area contributed by atoms with E-state index >= 15 is 0 Å². The van der Waals surface area contributed by atoms with E-state index in [1.807, 2.05) is 24.3 Å². The fourth-order valence-corrected chi connectivity index (χ4v) is 6.35. The largest absolute Gasteiger partial charge is 1.00 e. The summed E-state index contributed by atoms with van der Waals surface area (Å²) in [7, 11) is -9.57. The van der Waals surface area contributed by atoms with Crippen molar-refractivity contribution < 1.29 is 129 Å². The number of hydrogen-bond acceptors (Lipinski definition) is 12. The minimum atomic E-state index is -4.78. The minimum absolute atomic E-state index is 0. The number of hydrogen-bond donors (Lipinski definition) is 2. The van der Waals surface area contributed by atoms with E-state index in [0.29, 0.717) is 22.1 Å². The van der Waals surface area contributed by atoms with E-state index in [-0.39, 0.29) is 136 Å². The van der Waals surface area contributed by atoms with E-state index in [1.54, 1.807) is 60.7 Å². The van der Waals surface area contributed by atoms with Crippen molar-refractivity contribution in [1.29, 1.82) is 0 Å². The third-order valence-corrected chi connectivity index (χ3v) is 8.96. The fraction of sp³-hybridized carbons (Fsp3) is 0. The van der Waals surface area contributed by atoms with Gasteiger partial charge >= 0.3 is 103 Å². The van der Waals surface area contributed by atoms with Crippen molar-refractivity contribution >= 4 is 75.9 Å². The normalized spacial score (nSPS) is 12.0. The molecule has 6 aromatic rings. The molecule has 0 aliphatic rings. The van der Waals surface area contributed by atoms with Crippen LogP contribution in [0.15, 0.2) is 139 Å². The first-order valence-corrected chi connectivity index (χ1v) is 16.3. The quantitative estimate of drug-likeness (QED) is 0.106. The summed E-state index contributed by atoms with van der Waals surface area (Å²) in [6, 6.07) is 29.1. The number of rotatable bonds is 7. The summed E-state index contributed by atoms with van der Waals surface area (Å²) in [5, 5.41) is 17.8. The summed E-state index contributed by atoms with van der Waals surface area (Å²) in [5.74, 6) is 0. The average molecular weight is 729 g/mol. The van der Waals surface area contributed by atoms with Crippen LogP contribution in [0.25, 0.3) is 32.7 Å². The number of nitrogen functional groups attached to an aromatic ring is 2. The van der Waals surface area contributed by atoms with Crippen LogP contribution in [-0.2, 0) is 20.2 Å². The van der Waals surface area contributed by atoms with Gasteiger partial charge in [0.2, 0.25) is 0 Å². The first-order chi connectivity index (χ1) is 21.9. The third-order valence-electron chi connectivity index (χ3n) is 7.21. The van der Waals surface area contributed by atoms with E-state index in [9.17, 15) is 25.9 Å². The smallest absolute Gasteiger partial charge is 0.744 e. The third kappa shape index (κ3) is 8.36. The summed E-state index contributed by atoms with van der Waals surface area (Å²) in [4.78, 5) is -0.851. The van der Waals surface area contributed by atoms with E-state index in [1.165, 1.54) is 12.1 Å². The molecule has 0 aliphatic carbocycles. The van der Waals surface area contributed by atoms with E-state index in [0.717, 1.165) is 23.3 Å². The maximum atomic E-state index is 11.9. The van der Waals surface area contributed by atoms with Gasteiger partial charge in [0.25, 0.3) is 0 Å². The first-order valence-electron chi connectivity index (χ1n) is 13.5. The minimum Gasteiger partial charge on any atom is -0.744 e. The molecule has 230 valence electrons. The van der Waals surface area contributed by atoms with E-state index in [2.05, 4.69) is 20.5 Å². The molecule has 0 heterocycles. The van der Waals surface area contributed by atoms with Crippen LogP contribution >= 0.6 is 0 Å². The van der Waals surface area contributed by atoms with Crippen LogP contribution in [0.4, 0.5) is 34.1 Å². The van der Waals surface area contributed by atoms with Crippen molar-refractivity contribution in [2.24, 2.45) is 20.5 Å². The molecular weight excluding hydrogens is 707 g/mol. The number of nitrogens with two attached hydrogens (primary N) is 2. The van der Waals surface area contributed by atoms with E-state index < -0.39 is 30.0 Å². The van der Waals surface area contributed by atoms with Crippen LogP contribution in [0, 0.1) is 0 Å². The van der Waals surface area contributed by atoms with Gasteiger partial charge in [-0.15, -0.1) is 10.2 Å². The molecule has 0 saturated heterocycles. The molecule has 0 spiro atoms. The summed E-state index contributed by atoms with van der Waals surface area (Å²) < 4.78 is 71.2. The van der Waals surface area contributed by atoms with Crippen LogP contribution in [0.3, 0.4) is 0 Å². The molecule has 0 radical (unpaired) electrons. The van der Waals surface area contributed by atoms with Gasteiger partial charge in [-0.1, -0.05) is 72.8 Å². The van der Waals surface area contributed by atoms with Crippen molar-refractivity contribution in [3.63, 3.8) is 0 Å². The van der Waals surface area contributed by atoms with Gasteiger partial charge in [0.1, 0.15) is 31.6 Å². The standard InChI is InChI=1S/C32H24N6O6S2.2K/c33-31-25-7-3-1-5-23(25)29(45(39,40)41)17-27(31)37-35-21-13-9-19(10-14-21)20-11-15-22(16-12-20)36-38-28-18-30(46(42,43)44)24-6-2-4-8-26(24)32(28)34;;/h1-18H,33-34H2,(H,39,40,41)(H,42,43,44);;/q;2*+1/p-2. The molecule has 0 saturated carbocycles. The Bertz CT molecular complexity index is 2270. The van der Waals surface area contributed by atoms with Gasteiger partial charge in [-0.2, -0.15) is 10.2 Å². The molecule has 6 rings (SSSR count). The number of fused-ring (bicyclic) bond motifs is 2. The van der Waals surface area contributed by atoms with Gasteiger partial charge < -0.3 is 20.6 Å². The zero-order chi connectivity index (χ0) is 32.6. The second kappa shape index (κ2) is 15.7. The van der Waals surface area contributed by atoms with Crippen molar-refractivity contribution in [3.8, 4) is 11.1 Å². The number of azo groups is 2. The van der Waals surface area contributed by atoms with Crippen LogP contribution in [-0.4, -0.2) is 25.9 Å². The maximum absolute atomic E-state index is 11.9. The van der Waals surface area contributed by atoms with E-state index in [4.69, 9.17) is 11.5 Å². The molecule has 0 bridgehead atoms. The number of anilines is 2. The van der Waals surface area contributed by atoms with Gasteiger partial charge in [-0.25, -0.2) is 16.8 Å². The van der Waals surface area contributed by atoms with Gasteiger partial charge in [-0.05, 0) is 47.5 Å². The van der Waals surface area contributed by atoms with Crippen molar-refractivity contribution in [2.75, 3.05) is 11.5 Å². The van der Waals surface area contributed by atoms with Gasteiger partial charge in [0.15, 0.2) is 0 Å².